The van der Waals surface area contributed by atoms with Crippen molar-refractivity contribution in [2.75, 3.05) is 13.1 Å². The molecule has 1 saturated heterocycles. The van der Waals surface area contributed by atoms with Crippen molar-refractivity contribution >= 4 is 17.9 Å². The minimum atomic E-state index is -0.547. The van der Waals surface area contributed by atoms with Gasteiger partial charge in [-0.1, -0.05) is 0 Å². The van der Waals surface area contributed by atoms with Crippen LogP contribution in [0.2, 0.25) is 0 Å². The Bertz CT molecular complexity index is 800. The lowest BCUT2D eigenvalue weighted by Crippen LogP contribution is -2.48. The Kier molecular flexibility index (Phi) is 6.71. The molecule has 31 heavy (non-hydrogen) atoms. The fraction of sp³-hybridized carbons (Fsp3) is 0.636. The Balaban J connectivity index is 1.42. The highest BCUT2D eigenvalue weighted by Crippen LogP contribution is 2.44. The zero-order chi connectivity index (χ0) is 22.6. The summed E-state index contributed by atoms with van der Waals surface area (Å²) in [6.07, 6.45) is 4.83. The highest BCUT2D eigenvalue weighted by molar-refractivity contribution is 5.71. The lowest BCUT2D eigenvalue weighted by molar-refractivity contribution is -0.384. The Morgan fingerprint density at radius 3 is 2.19 bits per heavy atom. The average Bonchev–Trinajstić information content (AvgIpc) is 2.69. The van der Waals surface area contributed by atoms with Gasteiger partial charge >= 0.3 is 12.2 Å². The van der Waals surface area contributed by atoms with Gasteiger partial charge < -0.3 is 19.7 Å². The maximum absolute atomic E-state index is 12.3. The quantitative estimate of drug-likeness (QED) is 0.549. The molecule has 2 aliphatic rings. The van der Waals surface area contributed by atoms with Crippen molar-refractivity contribution in [3.63, 3.8) is 0 Å². The summed E-state index contributed by atoms with van der Waals surface area (Å²) in [7, 11) is 0. The van der Waals surface area contributed by atoms with Gasteiger partial charge in [0.1, 0.15) is 11.4 Å². The van der Waals surface area contributed by atoms with Gasteiger partial charge in [-0.3, -0.25) is 10.1 Å². The molecule has 0 aromatic heterocycles. The summed E-state index contributed by atoms with van der Waals surface area (Å²) in [4.78, 5) is 36.4. The number of nitro groups is 1. The molecule has 0 bridgehead atoms. The van der Waals surface area contributed by atoms with E-state index in [1.807, 2.05) is 20.8 Å². The molecule has 2 fully saturated rings. The molecule has 1 N–H and O–H groups in total. The second-order valence-corrected chi connectivity index (χ2v) is 9.53. The lowest BCUT2D eigenvalue weighted by Gasteiger charge is -2.45. The van der Waals surface area contributed by atoms with Crippen molar-refractivity contribution in [1.29, 1.82) is 0 Å². The molecule has 0 radical (unpaired) electrons. The predicted octanol–water partition coefficient (Wildman–Crippen LogP) is 4.64. The first-order valence-corrected chi connectivity index (χ1v) is 10.8. The molecule has 9 nitrogen and oxygen atoms in total. The number of piperidine rings is 1. The molecule has 0 atom stereocenters. The number of non-ortho nitro benzene ring substituents is 1. The van der Waals surface area contributed by atoms with Crippen molar-refractivity contribution in [2.24, 2.45) is 5.41 Å². The number of carbonyl (C=O) groups is 2. The molecule has 1 spiro atoms. The highest BCUT2D eigenvalue weighted by Gasteiger charge is 2.40. The van der Waals surface area contributed by atoms with Gasteiger partial charge in [0, 0.05) is 31.3 Å². The maximum Gasteiger partial charge on any atom is 0.412 e. The van der Waals surface area contributed by atoms with Crippen LogP contribution in [-0.4, -0.2) is 46.7 Å². The number of likely N-dealkylation sites (tertiary alicyclic amines) is 1. The molecule has 1 aliphatic heterocycles. The molecular formula is C22H31N3O6. The van der Waals surface area contributed by atoms with Crippen molar-refractivity contribution in [3.05, 3.63) is 34.4 Å². The molecule has 170 valence electrons. The van der Waals surface area contributed by atoms with Crippen molar-refractivity contribution in [2.45, 2.75) is 70.9 Å². The van der Waals surface area contributed by atoms with E-state index < -0.39 is 16.6 Å². The number of carbonyl (C=O) groups excluding carboxylic acids is 2. The van der Waals surface area contributed by atoms with Crippen molar-refractivity contribution in [1.82, 2.24) is 10.2 Å². The van der Waals surface area contributed by atoms with Gasteiger partial charge in [0.25, 0.3) is 5.69 Å². The summed E-state index contributed by atoms with van der Waals surface area (Å²) < 4.78 is 10.7. The van der Waals surface area contributed by atoms with Crippen LogP contribution in [0.4, 0.5) is 15.3 Å². The standard InChI is InChI=1S/C22H31N3O6/c1-21(2,3)31-20(27)24-14-12-22(13-15-24)10-8-16(9-11-22)23-19(26)30-18-6-4-17(5-7-18)25(28)29/h4-7,16H,8-15H2,1-3H3,(H,23,26). The fourth-order valence-electron chi connectivity index (χ4n) is 4.30. The summed E-state index contributed by atoms with van der Waals surface area (Å²) in [6.45, 7) is 7.02. The zero-order valence-corrected chi connectivity index (χ0v) is 18.4. The van der Waals surface area contributed by atoms with E-state index in [1.165, 1.54) is 24.3 Å². The van der Waals surface area contributed by atoms with E-state index in [-0.39, 0.29) is 29.0 Å². The van der Waals surface area contributed by atoms with E-state index in [0.29, 0.717) is 13.1 Å². The van der Waals surface area contributed by atoms with E-state index >= 15 is 0 Å². The SMILES string of the molecule is CC(C)(C)OC(=O)N1CCC2(CCC(NC(=O)Oc3ccc([N+](=O)[O-])cc3)CC2)CC1. The first-order chi connectivity index (χ1) is 14.6. The summed E-state index contributed by atoms with van der Waals surface area (Å²) in [6, 6.07) is 5.46. The third-order valence-corrected chi connectivity index (χ3v) is 6.10. The molecule has 3 rings (SSSR count). The molecule has 1 saturated carbocycles. The molecular weight excluding hydrogens is 402 g/mol. The first kappa shape index (κ1) is 22.8. The number of hydrogen-bond donors (Lipinski definition) is 1. The van der Waals surface area contributed by atoms with Gasteiger partial charge in [-0.05, 0) is 76.8 Å². The topological polar surface area (TPSA) is 111 Å². The first-order valence-electron chi connectivity index (χ1n) is 10.8. The van der Waals surface area contributed by atoms with Crippen LogP contribution in [0.1, 0.15) is 59.3 Å². The highest BCUT2D eigenvalue weighted by atomic mass is 16.6. The van der Waals surface area contributed by atoms with E-state index in [1.54, 1.807) is 4.90 Å². The van der Waals surface area contributed by atoms with Crippen molar-refractivity contribution < 1.29 is 24.0 Å². The van der Waals surface area contributed by atoms with Gasteiger partial charge in [0.15, 0.2) is 0 Å². The number of rotatable bonds is 3. The average molecular weight is 434 g/mol. The molecule has 1 heterocycles. The van der Waals surface area contributed by atoms with E-state index in [4.69, 9.17) is 9.47 Å². The second kappa shape index (κ2) is 9.11. The summed E-state index contributed by atoms with van der Waals surface area (Å²) in [5.74, 6) is 0.268. The monoisotopic (exact) mass is 433 g/mol. The van der Waals surface area contributed by atoms with Crippen LogP contribution in [0.15, 0.2) is 24.3 Å². The molecule has 2 amide bonds. The maximum atomic E-state index is 12.3. The van der Waals surface area contributed by atoms with Crippen LogP contribution < -0.4 is 10.1 Å². The Morgan fingerprint density at radius 2 is 1.68 bits per heavy atom. The van der Waals surface area contributed by atoms with Crippen LogP contribution in [0.5, 0.6) is 5.75 Å². The Hall–Kier alpha value is -2.84. The molecule has 9 heteroatoms. The largest absolute Gasteiger partial charge is 0.444 e. The number of nitro benzene ring substituents is 1. The lowest BCUT2D eigenvalue weighted by atomic mass is 9.67. The Labute approximate surface area is 182 Å². The minimum Gasteiger partial charge on any atom is -0.444 e. The number of nitrogens with zero attached hydrogens (tertiary/aromatic N) is 2. The van der Waals surface area contributed by atoms with Crippen LogP contribution in [0.25, 0.3) is 0 Å². The number of ether oxygens (including phenoxy) is 2. The number of amides is 2. The van der Waals surface area contributed by atoms with Crippen LogP contribution >= 0.6 is 0 Å². The van der Waals surface area contributed by atoms with Crippen LogP contribution in [0, 0.1) is 15.5 Å². The molecule has 1 aliphatic carbocycles. The minimum absolute atomic E-state index is 0.0417. The van der Waals surface area contributed by atoms with E-state index in [2.05, 4.69) is 5.32 Å². The van der Waals surface area contributed by atoms with Crippen LogP contribution in [-0.2, 0) is 4.74 Å². The molecule has 1 aromatic carbocycles. The van der Waals surface area contributed by atoms with Gasteiger partial charge in [-0.25, -0.2) is 9.59 Å². The van der Waals surface area contributed by atoms with Crippen LogP contribution in [0.3, 0.4) is 0 Å². The third kappa shape index (κ3) is 6.32. The molecule has 0 unspecified atom stereocenters. The van der Waals surface area contributed by atoms with Gasteiger partial charge in [-0.15, -0.1) is 0 Å². The number of benzene rings is 1. The summed E-state index contributed by atoms with van der Waals surface area (Å²) in [5, 5.41) is 13.6. The van der Waals surface area contributed by atoms with E-state index in [0.717, 1.165) is 38.5 Å². The summed E-state index contributed by atoms with van der Waals surface area (Å²) in [5.41, 5.74) is -0.319. The normalized spacial score (nSPS) is 19.0. The Morgan fingerprint density at radius 1 is 1.10 bits per heavy atom. The van der Waals surface area contributed by atoms with Crippen molar-refractivity contribution in [3.8, 4) is 5.75 Å². The third-order valence-electron chi connectivity index (χ3n) is 6.10. The summed E-state index contributed by atoms with van der Waals surface area (Å²) >= 11 is 0. The van der Waals surface area contributed by atoms with E-state index in [9.17, 15) is 19.7 Å². The van der Waals surface area contributed by atoms with Gasteiger partial charge in [0.05, 0.1) is 4.92 Å². The zero-order valence-electron chi connectivity index (χ0n) is 18.4. The predicted molar refractivity (Wildman–Crippen MR) is 114 cm³/mol. The second-order valence-electron chi connectivity index (χ2n) is 9.53. The number of nitrogens with one attached hydrogen (secondary N) is 1. The number of hydrogen-bond acceptors (Lipinski definition) is 6. The smallest absolute Gasteiger partial charge is 0.412 e. The van der Waals surface area contributed by atoms with Gasteiger partial charge in [-0.2, -0.15) is 0 Å². The van der Waals surface area contributed by atoms with Gasteiger partial charge in [0.2, 0.25) is 0 Å². The fourth-order valence-corrected chi connectivity index (χ4v) is 4.30. The molecule has 1 aromatic rings.